The molecule has 0 spiro atoms. The number of nitrogens with one attached hydrogen (secondary N) is 1. The molecular weight excluding hydrogens is 429 g/mol. The Morgan fingerprint density at radius 2 is 2.21 bits per heavy atom. The minimum Gasteiger partial charge on any atom is -0.507 e. The molecule has 9 nitrogen and oxygen atoms in total. The van der Waals surface area contributed by atoms with E-state index in [0.717, 1.165) is 3.57 Å². The van der Waals surface area contributed by atoms with Gasteiger partial charge in [-0.1, -0.05) is 0 Å². The molecule has 0 aliphatic rings. The minimum absolute atomic E-state index is 0.115. The van der Waals surface area contributed by atoms with Crippen molar-refractivity contribution in [2.75, 3.05) is 0 Å². The summed E-state index contributed by atoms with van der Waals surface area (Å²) in [5, 5.41) is 28.2. The highest BCUT2D eigenvalue weighted by atomic mass is 127. The number of phenolic OH excluding ortho intramolecular Hbond substituents is 1. The fraction of sp³-hybridized carbons (Fsp3) is 0.214. The average Bonchev–Trinajstić information content (AvgIpc) is 2.88. The second-order valence-corrected chi connectivity index (χ2v) is 6.25. The Bertz CT molecular complexity index is 831. The van der Waals surface area contributed by atoms with E-state index >= 15 is 0 Å². The van der Waals surface area contributed by atoms with Gasteiger partial charge in [-0.3, -0.25) is 4.79 Å². The van der Waals surface area contributed by atoms with Gasteiger partial charge in [-0.2, -0.15) is 9.78 Å². The van der Waals surface area contributed by atoms with Crippen molar-refractivity contribution in [2.45, 2.75) is 20.4 Å². The molecule has 1 heterocycles. The molecule has 0 aliphatic heterocycles. The number of nitrogens with zero attached hydrogens (tertiary/aromatic N) is 4. The molecular formula is C14H14IN5O4. The van der Waals surface area contributed by atoms with Crippen LogP contribution in [0.1, 0.15) is 23.0 Å². The van der Waals surface area contributed by atoms with Crippen LogP contribution in [0.15, 0.2) is 29.4 Å². The number of aromatic hydroxyl groups is 1. The normalized spacial score (nSPS) is 11.4. The van der Waals surface area contributed by atoms with Crippen LogP contribution in [-0.2, 0) is 6.54 Å². The van der Waals surface area contributed by atoms with Gasteiger partial charge in [-0.05, 0) is 59.6 Å². The number of hydrogen-bond donors (Lipinski definition) is 2. The van der Waals surface area contributed by atoms with Gasteiger partial charge in [0.15, 0.2) is 0 Å². The standard InChI is InChI=1S/C14H14IN5O4/c1-8(7-19-9(2)5-13(18-19)20(23)24)16-17-14(22)11-6-10(15)3-4-12(11)21/h3-6,21H,7H2,1-2H3,(H,17,22)/b16-8-. The zero-order valence-electron chi connectivity index (χ0n) is 12.9. The highest BCUT2D eigenvalue weighted by Crippen LogP contribution is 2.19. The van der Waals surface area contributed by atoms with Gasteiger partial charge < -0.3 is 15.2 Å². The Labute approximate surface area is 150 Å². The molecule has 1 amide bonds. The number of aryl methyl sites for hydroxylation is 1. The number of carbonyl (C=O) groups is 1. The Kier molecular flexibility index (Phi) is 5.49. The molecule has 0 unspecified atom stereocenters. The third kappa shape index (κ3) is 4.28. The first-order chi connectivity index (χ1) is 11.3. The number of amides is 1. The van der Waals surface area contributed by atoms with Crippen LogP contribution in [0.2, 0.25) is 0 Å². The van der Waals surface area contributed by atoms with E-state index in [1.54, 1.807) is 19.9 Å². The monoisotopic (exact) mass is 443 g/mol. The van der Waals surface area contributed by atoms with E-state index in [1.165, 1.54) is 22.9 Å². The smallest absolute Gasteiger partial charge is 0.390 e. The lowest BCUT2D eigenvalue weighted by Gasteiger charge is -2.05. The van der Waals surface area contributed by atoms with Crippen molar-refractivity contribution in [1.29, 1.82) is 0 Å². The Balaban J connectivity index is 2.07. The molecule has 0 bridgehead atoms. The first-order valence-corrected chi connectivity index (χ1v) is 7.86. The number of carbonyl (C=O) groups excluding carboxylic acids is 1. The van der Waals surface area contributed by atoms with Gasteiger partial charge in [0, 0.05) is 3.57 Å². The minimum atomic E-state index is -0.572. The summed E-state index contributed by atoms with van der Waals surface area (Å²) in [6.07, 6.45) is 0. The number of benzene rings is 1. The van der Waals surface area contributed by atoms with E-state index in [9.17, 15) is 20.0 Å². The Morgan fingerprint density at radius 3 is 2.83 bits per heavy atom. The van der Waals surface area contributed by atoms with Gasteiger partial charge in [0.1, 0.15) is 12.3 Å². The molecule has 126 valence electrons. The third-order valence-electron chi connectivity index (χ3n) is 3.09. The highest BCUT2D eigenvalue weighted by molar-refractivity contribution is 14.1. The van der Waals surface area contributed by atoms with Crippen LogP contribution in [0.3, 0.4) is 0 Å². The van der Waals surface area contributed by atoms with Crippen molar-refractivity contribution in [3.8, 4) is 5.75 Å². The van der Waals surface area contributed by atoms with Gasteiger partial charge >= 0.3 is 5.82 Å². The largest absolute Gasteiger partial charge is 0.507 e. The van der Waals surface area contributed by atoms with Crippen LogP contribution >= 0.6 is 22.6 Å². The van der Waals surface area contributed by atoms with Crippen LogP contribution in [0.25, 0.3) is 0 Å². The number of phenols is 1. The molecule has 0 saturated carbocycles. The maximum Gasteiger partial charge on any atom is 0.390 e. The van der Waals surface area contributed by atoms with Gasteiger partial charge in [0.25, 0.3) is 5.91 Å². The first-order valence-electron chi connectivity index (χ1n) is 6.79. The zero-order chi connectivity index (χ0) is 17.9. The average molecular weight is 443 g/mol. The van der Waals surface area contributed by atoms with Crippen molar-refractivity contribution in [3.05, 3.63) is 49.2 Å². The van der Waals surface area contributed by atoms with Crippen LogP contribution in [-0.4, -0.2) is 31.4 Å². The molecule has 1 aromatic heterocycles. The molecule has 0 fully saturated rings. The van der Waals surface area contributed by atoms with E-state index in [-0.39, 0.29) is 23.7 Å². The van der Waals surface area contributed by atoms with Crippen LogP contribution in [0.5, 0.6) is 5.75 Å². The highest BCUT2D eigenvalue weighted by Gasteiger charge is 2.16. The lowest BCUT2D eigenvalue weighted by molar-refractivity contribution is -0.389. The first kappa shape index (κ1) is 17.8. The van der Waals surface area contributed by atoms with Gasteiger partial charge in [0.2, 0.25) is 0 Å². The topological polar surface area (TPSA) is 123 Å². The maximum absolute atomic E-state index is 12.0. The van der Waals surface area contributed by atoms with Crippen molar-refractivity contribution in [1.82, 2.24) is 15.2 Å². The van der Waals surface area contributed by atoms with Crippen molar-refractivity contribution in [2.24, 2.45) is 5.10 Å². The van der Waals surface area contributed by atoms with Crippen LogP contribution in [0.4, 0.5) is 5.82 Å². The second-order valence-electron chi connectivity index (χ2n) is 5.01. The van der Waals surface area contributed by atoms with Crippen molar-refractivity contribution in [3.63, 3.8) is 0 Å². The van der Waals surface area contributed by atoms with E-state index < -0.39 is 10.8 Å². The molecule has 0 saturated heterocycles. The van der Waals surface area contributed by atoms with Crippen molar-refractivity contribution >= 4 is 40.0 Å². The molecule has 2 aromatic rings. The lowest BCUT2D eigenvalue weighted by atomic mass is 10.2. The maximum atomic E-state index is 12.0. The Hall–Kier alpha value is -2.50. The van der Waals surface area contributed by atoms with Crippen LogP contribution < -0.4 is 5.43 Å². The summed E-state index contributed by atoms with van der Waals surface area (Å²) in [6, 6.07) is 6.00. The van der Waals surface area contributed by atoms with Gasteiger partial charge in [-0.15, -0.1) is 0 Å². The summed E-state index contributed by atoms with van der Waals surface area (Å²) in [5.41, 5.74) is 3.57. The third-order valence-corrected chi connectivity index (χ3v) is 3.76. The molecule has 0 radical (unpaired) electrons. The fourth-order valence-corrected chi connectivity index (χ4v) is 2.38. The quantitative estimate of drug-likeness (QED) is 0.318. The predicted octanol–water partition coefficient (Wildman–Crippen LogP) is 2.22. The van der Waals surface area contributed by atoms with Crippen LogP contribution in [0, 0.1) is 20.6 Å². The Morgan fingerprint density at radius 1 is 1.50 bits per heavy atom. The molecule has 0 atom stereocenters. The van der Waals surface area contributed by atoms with E-state index in [1.807, 2.05) is 22.6 Å². The zero-order valence-corrected chi connectivity index (χ0v) is 15.0. The molecule has 0 aliphatic carbocycles. The number of hydrogen-bond acceptors (Lipinski definition) is 6. The van der Waals surface area contributed by atoms with Gasteiger partial charge in [-0.25, -0.2) is 5.43 Å². The van der Waals surface area contributed by atoms with E-state index in [4.69, 9.17) is 0 Å². The number of aromatic nitrogens is 2. The van der Waals surface area contributed by atoms with Crippen molar-refractivity contribution < 1.29 is 14.8 Å². The van der Waals surface area contributed by atoms with E-state index in [0.29, 0.717) is 11.4 Å². The summed E-state index contributed by atoms with van der Waals surface area (Å²) in [7, 11) is 0. The number of nitro groups is 1. The molecule has 10 heteroatoms. The van der Waals surface area contributed by atoms with Gasteiger partial charge in [0.05, 0.1) is 28.1 Å². The number of halogens is 1. The van der Waals surface area contributed by atoms with E-state index in [2.05, 4.69) is 15.6 Å². The summed E-state index contributed by atoms with van der Waals surface area (Å²) >= 11 is 2.03. The molecule has 1 aromatic carbocycles. The predicted molar refractivity (Wildman–Crippen MR) is 95.0 cm³/mol. The SMILES string of the molecule is C/C(Cn1nc([N+](=O)[O-])cc1C)=N/NC(=O)c1cc(I)ccc1O. The number of hydrazone groups is 1. The molecule has 2 rings (SSSR count). The summed E-state index contributed by atoms with van der Waals surface area (Å²) in [6.45, 7) is 3.54. The number of rotatable bonds is 5. The fourth-order valence-electron chi connectivity index (χ4n) is 1.89. The summed E-state index contributed by atoms with van der Waals surface area (Å²) in [4.78, 5) is 22.2. The summed E-state index contributed by atoms with van der Waals surface area (Å²) in [5.74, 6) is -0.930. The summed E-state index contributed by atoms with van der Waals surface area (Å²) < 4.78 is 2.22. The second kappa shape index (κ2) is 7.38. The lowest BCUT2D eigenvalue weighted by Crippen LogP contribution is -2.21. The molecule has 2 N–H and O–H groups in total. The molecule has 24 heavy (non-hydrogen) atoms.